The number of carbonyl (C=O) groups is 4. The van der Waals surface area contributed by atoms with Gasteiger partial charge in [0.25, 0.3) is 5.91 Å². The minimum absolute atomic E-state index is 0.0164. The molecule has 0 radical (unpaired) electrons. The Morgan fingerprint density at radius 2 is 1.82 bits per heavy atom. The van der Waals surface area contributed by atoms with Crippen molar-refractivity contribution in [1.82, 2.24) is 9.80 Å². The summed E-state index contributed by atoms with van der Waals surface area (Å²) >= 11 is 10.3. The summed E-state index contributed by atoms with van der Waals surface area (Å²) in [7, 11) is 1.68. The molecule has 1 spiro atoms. The zero-order valence-electron chi connectivity index (χ0n) is 29.2. The van der Waals surface area contributed by atoms with Gasteiger partial charge in [-0.1, -0.05) is 82.1 Å². The molecule has 1 unspecified atom stereocenters. The van der Waals surface area contributed by atoms with Gasteiger partial charge in [0.15, 0.2) is 0 Å². The summed E-state index contributed by atoms with van der Waals surface area (Å²) in [5, 5.41) is 9.77. The van der Waals surface area contributed by atoms with Crippen LogP contribution in [0, 0.1) is 11.8 Å². The van der Waals surface area contributed by atoms with Crippen molar-refractivity contribution in [1.29, 1.82) is 0 Å². The molecular formula is C39H47BrClN3O7. The molecule has 51 heavy (non-hydrogen) atoms. The highest BCUT2D eigenvalue weighted by Gasteiger charge is 2.77. The Labute approximate surface area is 313 Å². The number of unbranched alkanes of at least 4 members (excludes halogenated alkanes) is 2. The van der Waals surface area contributed by atoms with Crippen LogP contribution in [0.5, 0.6) is 0 Å². The predicted molar refractivity (Wildman–Crippen MR) is 199 cm³/mol. The fraction of sp³-hybridized carbons (Fsp3) is 0.487. The molecule has 3 aliphatic heterocycles. The number of hydrogen-bond acceptors (Lipinski definition) is 7. The SMILES string of the molecule is C=CCCC(=O)N(C)[C@H](C)[C@H](OC(=O)[C@@H]1[C@H]2O[C@@]3(CC2Br)[C@H](C(=O)N(CC=C)c2ccccc2Cl)N(CCCCCO)C(=O)[C@@H]13)c1ccccc1. The summed E-state index contributed by atoms with van der Waals surface area (Å²) in [5.41, 5.74) is -0.145. The van der Waals surface area contributed by atoms with Crippen molar-refractivity contribution in [2.45, 2.75) is 80.2 Å². The number of amides is 3. The lowest BCUT2D eigenvalue weighted by atomic mass is 9.70. The molecule has 0 aromatic heterocycles. The second-order valence-electron chi connectivity index (χ2n) is 13.5. The normalized spacial score (nSPS) is 25.9. The Hall–Kier alpha value is -3.51. The van der Waals surface area contributed by atoms with Crippen molar-refractivity contribution >= 4 is 56.9 Å². The number of halogens is 2. The number of esters is 1. The Kier molecular flexibility index (Phi) is 12.8. The molecule has 2 bridgehead atoms. The maximum atomic E-state index is 14.8. The van der Waals surface area contributed by atoms with E-state index in [2.05, 4.69) is 29.1 Å². The number of benzene rings is 2. The van der Waals surface area contributed by atoms with Crippen LogP contribution < -0.4 is 4.90 Å². The van der Waals surface area contributed by atoms with Gasteiger partial charge in [0, 0.05) is 38.0 Å². The molecule has 3 amide bonds. The first kappa shape index (κ1) is 38.7. The Morgan fingerprint density at radius 3 is 2.49 bits per heavy atom. The lowest BCUT2D eigenvalue weighted by Crippen LogP contribution is -2.57. The number of nitrogens with zero attached hydrogens (tertiary/aromatic N) is 3. The molecule has 10 nitrogen and oxygen atoms in total. The first-order chi connectivity index (χ1) is 24.5. The van der Waals surface area contributed by atoms with Crippen molar-refractivity contribution in [3.05, 3.63) is 90.5 Å². The summed E-state index contributed by atoms with van der Waals surface area (Å²) in [6, 6.07) is 14.6. The van der Waals surface area contributed by atoms with Crippen molar-refractivity contribution in [2.24, 2.45) is 11.8 Å². The first-order valence-electron chi connectivity index (χ1n) is 17.5. The van der Waals surface area contributed by atoms with Gasteiger partial charge in [-0.3, -0.25) is 19.2 Å². The van der Waals surface area contributed by atoms with Gasteiger partial charge in [0.2, 0.25) is 11.8 Å². The van der Waals surface area contributed by atoms with Crippen LogP contribution in [0.4, 0.5) is 5.69 Å². The third kappa shape index (κ3) is 7.54. The summed E-state index contributed by atoms with van der Waals surface area (Å²) in [5.74, 6) is -3.47. The smallest absolute Gasteiger partial charge is 0.313 e. The van der Waals surface area contributed by atoms with Gasteiger partial charge < -0.3 is 29.3 Å². The van der Waals surface area contributed by atoms with Crippen molar-refractivity contribution in [3.63, 3.8) is 0 Å². The lowest BCUT2D eigenvalue weighted by molar-refractivity contribution is -0.164. The van der Waals surface area contributed by atoms with E-state index >= 15 is 0 Å². The highest BCUT2D eigenvalue weighted by Crippen LogP contribution is 2.60. The third-order valence-electron chi connectivity index (χ3n) is 10.4. The van der Waals surface area contributed by atoms with Gasteiger partial charge in [-0.05, 0) is 56.7 Å². The van der Waals surface area contributed by atoms with Gasteiger partial charge in [-0.25, -0.2) is 0 Å². The number of aliphatic hydroxyl groups excluding tert-OH is 1. The van der Waals surface area contributed by atoms with Gasteiger partial charge in [0.05, 0.1) is 34.7 Å². The molecule has 3 fully saturated rings. The maximum absolute atomic E-state index is 14.8. The second-order valence-corrected chi connectivity index (χ2v) is 15.1. The number of allylic oxidation sites excluding steroid dienone is 1. The van der Waals surface area contributed by atoms with E-state index in [-0.39, 0.29) is 48.7 Å². The van der Waals surface area contributed by atoms with Gasteiger partial charge in [-0.2, -0.15) is 0 Å². The van der Waals surface area contributed by atoms with Crippen molar-refractivity contribution < 1.29 is 33.8 Å². The van der Waals surface area contributed by atoms with Gasteiger partial charge in [0.1, 0.15) is 17.7 Å². The zero-order valence-corrected chi connectivity index (χ0v) is 31.5. The zero-order chi connectivity index (χ0) is 36.9. The molecule has 2 aromatic carbocycles. The number of hydrogen-bond donors (Lipinski definition) is 1. The molecule has 5 rings (SSSR count). The maximum Gasteiger partial charge on any atom is 0.313 e. The summed E-state index contributed by atoms with van der Waals surface area (Å²) < 4.78 is 13.1. The molecule has 3 saturated heterocycles. The molecule has 0 aliphatic carbocycles. The van der Waals surface area contributed by atoms with E-state index < -0.39 is 47.7 Å². The number of ether oxygens (including phenoxy) is 2. The summed E-state index contributed by atoms with van der Waals surface area (Å²) in [4.78, 5) is 61.4. The van der Waals surface area contributed by atoms with Crippen LogP contribution in [0.15, 0.2) is 79.9 Å². The molecule has 0 saturated carbocycles. The van der Waals surface area contributed by atoms with Crippen LogP contribution in [-0.2, 0) is 28.7 Å². The molecule has 274 valence electrons. The molecule has 8 atom stereocenters. The van der Waals surface area contributed by atoms with E-state index in [4.69, 9.17) is 21.1 Å². The van der Waals surface area contributed by atoms with E-state index in [9.17, 15) is 24.3 Å². The van der Waals surface area contributed by atoms with Crippen LogP contribution in [0.3, 0.4) is 0 Å². The van der Waals surface area contributed by atoms with Crippen LogP contribution in [-0.4, -0.2) is 94.0 Å². The molecule has 1 N–H and O–H groups in total. The number of alkyl halides is 1. The van der Waals surface area contributed by atoms with Crippen LogP contribution >= 0.6 is 27.5 Å². The Morgan fingerprint density at radius 1 is 1.12 bits per heavy atom. The van der Waals surface area contributed by atoms with E-state index in [1.54, 1.807) is 53.3 Å². The number of para-hydroxylation sites is 1. The number of anilines is 1. The minimum atomic E-state index is -1.32. The molecule has 2 aromatic rings. The molecule has 3 aliphatic rings. The number of fused-ring (bicyclic) bond motifs is 1. The molecule has 3 heterocycles. The first-order valence-corrected chi connectivity index (χ1v) is 18.8. The van der Waals surface area contributed by atoms with Crippen molar-refractivity contribution in [3.8, 4) is 0 Å². The third-order valence-corrected chi connectivity index (χ3v) is 11.6. The number of likely N-dealkylation sites (tertiary alicyclic amines) is 1. The van der Waals surface area contributed by atoms with Gasteiger partial charge >= 0.3 is 5.97 Å². The van der Waals surface area contributed by atoms with E-state index in [0.717, 1.165) is 0 Å². The average molecular weight is 785 g/mol. The summed E-state index contributed by atoms with van der Waals surface area (Å²) in [6.45, 7) is 9.79. The lowest BCUT2D eigenvalue weighted by Gasteiger charge is -2.37. The summed E-state index contributed by atoms with van der Waals surface area (Å²) in [6.07, 6.45) is 4.56. The van der Waals surface area contributed by atoms with Crippen LogP contribution in [0.1, 0.15) is 57.1 Å². The highest BCUT2D eigenvalue weighted by molar-refractivity contribution is 9.09. The number of rotatable bonds is 17. The predicted octanol–water partition coefficient (Wildman–Crippen LogP) is 5.87. The minimum Gasteiger partial charge on any atom is -0.455 e. The Balaban J connectivity index is 1.51. The van der Waals surface area contributed by atoms with Crippen LogP contribution in [0.2, 0.25) is 5.02 Å². The van der Waals surface area contributed by atoms with E-state index in [1.165, 1.54) is 4.90 Å². The largest absolute Gasteiger partial charge is 0.455 e. The highest BCUT2D eigenvalue weighted by atomic mass is 79.9. The van der Waals surface area contributed by atoms with Gasteiger partial charge in [-0.15, -0.1) is 13.2 Å². The molecule has 12 heteroatoms. The number of carbonyl (C=O) groups excluding carboxylic acids is 4. The number of likely N-dealkylation sites (N-methyl/N-ethyl adjacent to an activating group) is 1. The second kappa shape index (κ2) is 16.9. The Bertz CT molecular complexity index is 1610. The fourth-order valence-electron chi connectivity index (χ4n) is 7.87. The molecular weight excluding hydrogens is 738 g/mol. The average Bonchev–Trinajstić information content (AvgIpc) is 3.73. The monoisotopic (exact) mass is 783 g/mol. The number of aliphatic hydroxyl groups is 1. The van der Waals surface area contributed by atoms with E-state index in [1.807, 2.05) is 37.3 Å². The van der Waals surface area contributed by atoms with Crippen LogP contribution in [0.25, 0.3) is 0 Å². The van der Waals surface area contributed by atoms with E-state index in [0.29, 0.717) is 48.4 Å². The quantitative estimate of drug-likeness (QED) is 0.0924. The standard InChI is InChI=1S/C39H47BrClN3O7/c1-5-7-20-30(46)42(4)25(3)33(26-16-10-8-11-17-26)50-38(49)31-32-36(47)44(22-14-9-15-23-45)35(39(32)24-27(40)34(31)51-39)37(48)43(21-6-2)29-19-13-12-18-28(29)41/h5-6,8,10-13,16-19,25,27,31-35,45H,1-2,7,9,14-15,20-24H2,3-4H3/t25-,27?,31+,32-,33+,34+,35+,39-/m1/s1. The van der Waals surface area contributed by atoms with Crippen molar-refractivity contribution in [2.75, 3.05) is 31.6 Å². The fourth-order valence-corrected chi connectivity index (χ4v) is 9.05. The topological polar surface area (TPSA) is 117 Å².